The van der Waals surface area contributed by atoms with E-state index in [4.69, 9.17) is 9.26 Å². The molecule has 0 N–H and O–H groups in total. The summed E-state index contributed by atoms with van der Waals surface area (Å²) < 4.78 is 11.8. The number of esters is 1. The Hall–Kier alpha value is -2.96. The Morgan fingerprint density at radius 1 is 1.32 bits per heavy atom. The first-order valence-corrected chi connectivity index (χ1v) is 6.71. The SMILES string of the molecule is Cc1cc(COC(=O)c2ccc(Cn3cncn3)cc2)no1. The molecule has 0 amide bonds. The zero-order chi connectivity index (χ0) is 15.4. The predicted octanol–water partition coefficient (Wildman–Crippen LogP) is 1.98. The number of nitrogens with zero attached hydrogens (tertiary/aromatic N) is 4. The lowest BCUT2D eigenvalue weighted by Gasteiger charge is -2.04. The second-order valence-electron chi connectivity index (χ2n) is 4.80. The minimum atomic E-state index is -0.395. The lowest BCUT2D eigenvalue weighted by molar-refractivity contribution is 0.0464. The number of aromatic nitrogens is 4. The minimum absolute atomic E-state index is 0.0941. The van der Waals surface area contributed by atoms with Gasteiger partial charge in [0.25, 0.3) is 0 Å². The van der Waals surface area contributed by atoms with Gasteiger partial charge in [-0.3, -0.25) is 0 Å². The van der Waals surface area contributed by atoms with Gasteiger partial charge >= 0.3 is 5.97 Å². The average Bonchev–Trinajstić information content (AvgIpc) is 3.17. The molecule has 7 heteroatoms. The number of rotatable bonds is 5. The summed E-state index contributed by atoms with van der Waals surface area (Å²) in [5.41, 5.74) is 2.10. The van der Waals surface area contributed by atoms with Gasteiger partial charge in [0.1, 0.15) is 30.7 Å². The second-order valence-corrected chi connectivity index (χ2v) is 4.80. The molecule has 3 rings (SSSR count). The third kappa shape index (κ3) is 3.38. The summed E-state index contributed by atoms with van der Waals surface area (Å²) in [7, 11) is 0. The van der Waals surface area contributed by atoms with Crippen molar-refractivity contribution in [2.75, 3.05) is 0 Å². The molecule has 0 aliphatic heterocycles. The summed E-state index contributed by atoms with van der Waals surface area (Å²) >= 11 is 0. The van der Waals surface area contributed by atoms with E-state index in [0.29, 0.717) is 23.6 Å². The molecule has 2 heterocycles. The molecule has 3 aromatic rings. The lowest BCUT2D eigenvalue weighted by Crippen LogP contribution is -2.06. The molecule has 1 aromatic carbocycles. The van der Waals surface area contributed by atoms with Crippen molar-refractivity contribution in [2.24, 2.45) is 0 Å². The van der Waals surface area contributed by atoms with Crippen LogP contribution in [0, 0.1) is 6.92 Å². The van der Waals surface area contributed by atoms with E-state index in [1.165, 1.54) is 6.33 Å². The molecule has 0 bridgehead atoms. The van der Waals surface area contributed by atoms with Crippen LogP contribution in [0.2, 0.25) is 0 Å². The summed E-state index contributed by atoms with van der Waals surface area (Å²) in [4.78, 5) is 15.8. The Morgan fingerprint density at radius 2 is 2.14 bits per heavy atom. The predicted molar refractivity (Wildman–Crippen MR) is 75.9 cm³/mol. The fraction of sp³-hybridized carbons (Fsp3) is 0.200. The molecule has 0 saturated heterocycles. The Kier molecular flexibility index (Phi) is 3.95. The van der Waals surface area contributed by atoms with Gasteiger partial charge in [0.15, 0.2) is 0 Å². The quantitative estimate of drug-likeness (QED) is 0.670. The average molecular weight is 298 g/mol. The first-order chi connectivity index (χ1) is 10.7. The van der Waals surface area contributed by atoms with Crippen molar-refractivity contribution >= 4 is 5.97 Å². The number of carbonyl (C=O) groups is 1. The molecule has 22 heavy (non-hydrogen) atoms. The van der Waals surface area contributed by atoms with Crippen molar-refractivity contribution in [3.8, 4) is 0 Å². The van der Waals surface area contributed by atoms with E-state index in [0.717, 1.165) is 5.56 Å². The molecular weight excluding hydrogens is 284 g/mol. The number of hydrogen-bond acceptors (Lipinski definition) is 6. The van der Waals surface area contributed by atoms with E-state index < -0.39 is 5.97 Å². The summed E-state index contributed by atoms with van der Waals surface area (Å²) in [6, 6.07) is 8.90. The van der Waals surface area contributed by atoms with Crippen LogP contribution in [0.5, 0.6) is 0 Å². The van der Waals surface area contributed by atoms with Crippen LogP contribution in [-0.2, 0) is 17.9 Å². The van der Waals surface area contributed by atoms with E-state index >= 15 is 0 Å². The number of ether oxygens (including phenoxy) is 1. The van der Waals surface area contributed by atoms with E-state index in [9.17, 15) is 4.79 Å². The van der Waals surface area contributed by atoms with Gasteiger partial charge in [-0.15, -0.1) is 0 Å². The molecule has 0 atom stereocenters. The molecule has 112 valence electrons. The summed E-state index contributed by atoms with van der Waals surface area (Å²) in [5, 5.41) is 7.80. The maximum absolute atomic E-state index is 11.9. The monoisotopic (exact) mass is 298 g/mol. The standard InChI is InChI=1S/C15H14N4O3/c1-11-6-14(18-22-11)8-21-15(20)13-4-2-12(3-5-13)7-19-10-16-9-17-19/h2-6,9-10H,7-8H2,1H3. The summed E-state index contributed by atoms with van der Waals surface area (Å²) in [5.74, 6) is 0.288. The Bertz CT molecular complexity index is 747. The summed E-state index contributed by atoms with van der Waals surface area (Å²) in [6.07, 6.45) is 3.12. The molecule has 0 fully saturated rings. The van der Waals surface area contributed by atoms with Crippen molar-refractivity contribution < 1.29 is 14.1 Å². The topological polar surface area (TPSA) is 83.0 Å². The third-order valence-electron chi connectivity index (χ3n) is 3.03. The van der Waals surface area contributed by atoms with Crippen LogP contribution >= 0.6 is 0 Å². The minimum Gasteiger partial charge on any atom is -0.455 e. The summed E-state index contributed by atoms with van der Waals surface area (Å²) in [6.45, 7) is 2.48. The van der Waals surface area contributed by atoms with Crippen LogP contribution in [0.3, 0.4) is 0 Å². The van der Waals surface area contributed by atoms with Gasteiger partial charge in [0.2, 0.25) is 0 Å². The highest BCUT2D eigenvalue weighted by atomic mass is 16.5. The number of hydrogen-bond donors (Lipinski definition) is 0. The van der Waals surface area contributed by atoms with Crippen molar-refractivity contribution in [1.82, 2.24) is 19.9 Å². The van der Waals surface area contributed by atoms with Crippen LogP contribution < -0.4 is 0 Å². The molecule has 7 nitrogen and oxygen atoms in total. The van der Waals surface area contributed by atoms with Gasteiger partial charge in [-0.2, -0.15) is 5.10 Å². The highest BCUT2D eigenvalue weighted by molar-refractivity contribution is 5.89. The number of aryl methyl sites for hydroxylation is 1. The van der Waals surface area contributed by atoms with Crippen LogP contribution in [0.1, 0.15) is 27.4 Å². The molecule has 0 radical (unpaired) electrons. The Labute approximate surface area is 126 Å². The number of carbonyl (C=O) groups excluding carboxylic acids is 1. The zero-order valence-electron chi connectivity index (χ0n) is 12.0. The van der Waals surface area contributed by atoms with Gasteiger partial charge < -0.3 is 9.26 Å². The highest BCUT2D eigenvalue weighted by Gasteiger charge is 2.09. The van der Waals surface area contributed by atoms with Crippen LogP contribution in [0.4, 0.5) is 0 Å². The molecule has 0 aliphatic carbocycles. The fourth-order valence-corrected chi connectivity index (χ4v) is 1.96. The number of benzene rings is 1. The van der Waals surface area contributed by atoms with Crippen molar-refractivity contribution in [3.05, 3.63) is 65.6 Å². The molecule has 0 unspecified atom stereocenters. The first-order valence-electron chi connectivity index (χ1n) is 6.71. The van der Waals surface area contributed by atoms with E-state index in [1.54, 1.807) is 36.1 Å². The van der Waals surface area contributed by atoms with Gasteiger partial charge in [-0.25, -0.2) is 14.5 Å². The molecule has 0 saturated carbocycles. The smallest absolute Gasteiger partial charge is 0.338 e. The van der Waals surface area contributed by atoms with Crippen molar-refractivity contribution in [3.63, 3.8) is 0 Å². The second kappa shape index (κ2) is 6.21. The molecule has 2 aromatic heterocycles. The van der Waals surface area contributed by atoms with E-state index in [1.807, 2.05) is 12.1 Å². The Balaban J connectivity index is 1.58. The van der Waals surface area contributed by atoms with Crippen LogP contribution in [-0.4, -0.2) is 25.9 Å². The maximum atomic E-state index is 11.9. The van der Waals surface area contributed by atoms with Crippen molar-refractivity contribution in [1.29, 1.82) is 0 Å². The van der Waals surface area contributed by atoms with Crippen LogP contribution in [0.25, 0.3) is 0 Å². The van der Waals surface area contributed by atoms with Crippen molar-refractivity contribution in [2.45, 2.75) is 20.1 Å². The molecule has 0 aliphatic rings. The Morgan fingerprint density at radius 3 is 2.77 bits per heavy atom. The van der Waals surface area contributed by atoms with Gasteiger partial charge in [0.05, 0.1) is 12.1 Å². The van der Waals surface area contributed by atoms with E-state index in [2.05, 4.69) is 15.2 Å². The first kappa shape index (κ1) is 14.0. The third-order valence-corrected chi connectivity index (χ3v) is 3.03. The van der Waals surface area contributed by atoms with E-state index in [-0.39, 0.29) is 6.61 Å². The normalized spacial score (nSPS) is 10.6. The van der Waals surface area contributed by atoms with Gasteiger partial charge in [0, 0.05) is 6.07 Å². The maximum Gasteiger partial charge on any atom is 0.338 e. The molecular formula is C15H14N4O3. The van der Waals surface area contributed by atoms with Crippen LogP contribution in [0.15, 0.2) is 47.5 Å². The van der Waals surface area contributed by atoms with Gasteiger partial charge in [-0.1, -0.05) is 17.3 Å². The highest BCUT2D eigenvalue weighted by Crippen LogP contribution is 2.09. The molecule has 0 spiro atoms. The fourth-order valence-electron chi connectivity index (χ4n) is 1.96. The lowest BCUT2D eigenvalue weighted by atomic mass is 10.1. The largest absolute Gasteiger partial charge is 0.455 e. The zero-order valence-corrected chi connectivity index (χ0v) is 12.0. The van der Waals surface area contributed by atoms with Gasteiger partial charge in [-0.05, 0) is 24.6 Å².